The fourth-order valence-electron chi connectivity index (χ4n) is 2.76. The highest BCUT2D eigenvalue weighted by Crippen LogP contribution is 2.14. The number of nitrogens with one attached hydrogen (secondary N) is 2. The number of nitrogens with zero attached hydrogens (tertiary/aromatic N) is 1. The molecule has 1 atom stereocenters. The summed E-state index contributed by atoms with van der Waals surface area (Å²) in [7, 11) is 1.79. The average molecular weight is 378 g/mol. The number of benzene rings is 1. The Hall–Kier alpha value is -1.79. The van der Waals surface area contributed by atoms with Gasteiger partial charge in [0.2, 0.25) is 0 Å². The summed E-state index contributed by atoms with van der Waals surface area (Å²) in [4.78, 5) is 4.27. The lowest BCUT2D eigenvalue weighted by molar-refractivity contribution is 0.0888. The minimum Gasteiger partial charge on any atom is -0.493 e. The van der Waals surface area contributed by atoms with Gasteiger partial charge in [-0.05, 0) is 36.5 Å². The minimum absolute atomic E-state index is 0.519. The van der Waals surface area contributed by atoms with Gasteiger partial charge in [0.15, 0.2) is 5.96 Å². The highest BCUT2D eigenvalue weighted by atomic mass is 16.5. The molecule has 0 spiro atoms. The fraction of sp³-hybridized carbons (Fsp3) is 0.667. The smallest absolute Gasteiger partial charge is 0.191 e. The summed E-state index contributed by atoms with van der Waals surface area (Å²) in [5, 5.41) is 6.67. The van der Waals surface area contributed by atoms with Crippen LogP contribution in [0, 0.1) is 11.8 Å². The number of aliphatic imine (C=N–C) groups is 1. The Labute approximate surface area is 163 Å². The first-order valence-electron chi connectivity index (χ1n) is 9.99. The SMILES string of the molecule is CN=C(NCCCOCC1CCOC1)NCc1cccc(OCC(C)C)c1. The molecule has 2 N–H and O–H groups in total. The zero-order valence-electron chi connectivity index (χ0n) is 17.0. The first-order chi connectivity index (χ1) is 13.2. The minimum atomic E-state index is 0.519. The maximum absolute atomic E-state index is 5.79. The molecule has 1 aromatic carbocycles. The van der Waals surface area contributed by atoms with Crippen LogP contribution in [-0.2, 0) is 16.0 Å². The van der Waals surface area contributed by atoms with E-state index in [1.54, 1.807) is 7.05 Å². The molecule has 1 saturated heterocycles. The summed E-state index contributed by atoms with van der Waals surface area (Å²) in [5.41, 5.74) is 1.17. The molecule has 0 aliphatic carbocycles. The van der Waals surface area contributed by atoms with Gasteiger partial charge in [-0.25, -0.2) is 0 Å². The Balaban J connectivity index is 1.60. The summed E-state index contributed by atoms with van der Waals surface area (Å²) in [6.07, 6.45) is 2.07. The van der Waals surface area contributed by atoms with Gasteiger partial charge in [-0.1, -0.05) is 26.0 Å². The third kappa shape index (κ3) is 9.11. The van der Waals surface area contributed by atoms with Crippen molar-refractivity contribution in [3.05, 3.63) is 29.8 Å². The van der Waals surface area contributed by atoms with Gasteiger partial charge in [0.25, 0.3) is 0 Å². The molecule has 1 fully saturated rings. The Bertz CT molecular complexity index is 557. The van der Waals surface area contributed by atoms with Crippen molar-refractivity contribution in [3.8, 4) is 5.75 Å². The van der Waals surface area contributed by atoms with Crippen molar-refractivity contribution in [2.24, 2.45) is 16.8 Å². The van der Waals surface area contributed by atoms with E-state index in [-0.39, 0.29) is 0 Å². The van der Waals surface area contributed by atoms with Gasteiger partial charge in [-0.15, -0.1) is 0 Å². The summed E-state index contributed by atoms with van der Waals surface area (Å²) in [6, 6.07) is 8.18. The number of rotatable bonds is 11. The zero-order valence-corrected chi connectivity index (χ0v) is 17.0. The Morgan fingerprint density at radius 1 is 1.33 bits per heavy atom. The predicted octanol–water partition coefficient (Wildman–Crippen LogP) is 2.83. The van der Waals surface area contributed by atoms with Gasteiger partial charge in [-0.3, -0.25) is 4.99 Å². The molecule has 1 aliphatic heterocycles. The molecule has 0 bridgehead atoms. The second-order valence-corrected chi connectivity index (χ2v) is 7.36. The molecule has 0 radical (unpaired) electrons. The molecule has 6 heteroatoms. The van der Waals surface area contributed by atoms with E-state index in [4.69, 9.17) is 14.2 Å². The van der Waals surface area contributed by atoms with Crippen LogP contribution in [0.1, 0.15) is 32.3 Å². The second-order valence-electron chi connectivity index (χ2n) is 7.36. The molecule has 0 saturated carbocycles. The van der Waals surface area contributed by atoms with Gasteiger partial charge in [-0.2, -0.15) is 0 Å². The average Bonchev–Trinajstić information content (AvgIpc) is 3.19. The van der Waals surface area contributed by atoms with E-state index in [0.29, 0.717) is 18.4 Å². The van der Waals surface area contributed by atoms with E-state index in [1.807, 2.05) is 12.1 Å². The van der Waals surface area contributed by atoms with Gasteiger partial charge < -0.3 is 24.8 Å². The normalized spacial score (nSPS) is 17.3. The van der Waals surface area contributed by atoms with Gasteiger partial charge in [0.1, 0.15) is 5.75 Å². The highest BCUT2D eigenvalue weighted by Gasteiger charge is 2.15. The standard InChI is InChI=1S/C21H35N3O3/c1-17(2)14-27-20-7-4-6-18(12-20)13-24-21(22-3)23-9-5-10-25-15-19-8-11-26-16-19/h4,6-7,12,17,19H,5,8-11,13-16H2,1-3H3,(H2,22,23,24). The van der Waals surface area contributed by atoms with Crippen LogP contribution < -0.4 is 15.4 Å². The molecule has 0 amide bonds. The molecular weight excluding hydrogens is 342 g/mol. The third-order valence-corrected chi connectivity index (χ3v) is 4.30. The van der Waals surface area contributed by atoms with Gasteiger partial charge in [0, 0.05) is 39.3 Å². The number of guanidine groups is 1. The van der Waals surface area contributed by atoms with Crippen molar-refractivity contribution in [1.29, 1.82) is 0 Å². The quantitative estimate of drug-likeness (QED) is 0.353. The van der Waals surface area contributed by atoms with E-state index >= 15 is 0 Å². The van der Waals surface area contributed by atoms with Crippen LogP contribution in [-0.4, -0.2) is 52.6 Å². The zero-order chi connectivity index (χ0) is 19.3. The molecule has 1 aromatic rings. The van der Waals surface area contributed by atoms with E-state index in [2.05, 4.69) is 41.6 Å². The van der Waals surface area contributed by atoms with E-state index in [0.717, 1.165) is 64.1 Å². The maximum atomic E-state index is 5.79. The largest absolute Gasteiger partial charge is 0.493 e. The predicted molar refractivity (Wildman–Crippen MR) is 109 cm³/mol. The van der Waals surface area contributed by atoms with Gasteiger partial charge >= 0.3 is 0 Å². The van der Waals surface area contributed by atoms with Crippen LogP contribution in [0.3, 0.4) is 0 Å². The number of ether oxygens (including phenoxy) is 3. The van der Waals surface area contributed by atoms with Crippen LogP contribution in [0.25, 0.3) is 0 Å². The summed E-state index contributed by atoms with van der Waals surface area (Å²) >= 11 is 0. The molecular formula is C21H35N3O3. The topological polar surface area (TPSA) is 64.1 Å². The lowest BCUT2D eigenvalue weighted by Crippen LogP contribution is -2.37. The van der Waals surface area contributed by atoms with Crippen LogP contribution in [0.15, 0.2) is 29.3 Å². The third-order valence-electron chi connectivity index (χ3n) is 4.30. The molecule has 0 aromatic heterocycles. The molecule has 1 heterocycles. The van der Waals surface area contributed by atoms with Crippen molar-refractivity contribution >= 4 is 5.96 Å². The summed E-state index contributed by atoms with van der Waals surface area (Å²) < 4.78 is 16.9. The number of hydrogen-bond donors (Lipinski definition) is 2. The summed E-state index contributed by atoms with van der Waals surface area (Å²) in [5.74, 6) is 2.81. The van der Waals surface area contributed by atoms with Crippen molar-refractivity contribution in [3.63, 3.8) is 0 Å². The Kier molecular flexibility index (Phi) is 10.0. The number of hydrogen-bond acceptors (Lipinski definition) is 4. The van der Waals surface area contributed by atoms with Crippen LogP contribution in [0.2, 0.25) is 0 Å². The van der Waals surface area contributed by atoms with Crippen molar-refractivity contribution in [2.45, 2.75) is 33.2 Å². The van der Waals surface area contributed by atoms with E-state index in [1.165, 1.54) is 5.56 Å². The first kappa shape index (κ1) is 21.5. The molecule has 6 nitrogen and oxygen atoms in total. The van der Waals surface area contributed by atoms with E-state index in [9.17, 15) is 0 Å². The Morgan fingerprint density at radius 2 is 2.22 bits per heavy atom. The molecule has 27 heavy (non-hydrogen) atoms. The van der Waals surface area contributed by atoms with Crippen LogP contribution in [0.4, 0.5) is 0 Å². The monoisotopic (exact) mass is 377 g/mol. The fourth-order valence-corrected chi connectivity index (χ4v) is 2.76. The maximum Gasteiger partial charge on any atom is 0.191 e. The molecule has 1 unspecified atom stereocenters. The lowest BCUT2D eigenvalue weighted by Gasteiger charge is -2.14. The van der Waals surface area contributed by atoms with Crippen molar-refractivity contribution in [2.75, 3.05) is 46.6 Å². The first-order valence-corrected chi connectivity index (χ1v) is 9.99. The molecule has 152 valence electrons. The molecule has 1 aliphatic rings. The van der Waals surface area contributed by atoms with E-state index < -0.39 is 0 Å². The van der Waals surface area contributed by atoms with Crippen LogP contribution >= 0.6 is 0 Å². The highest BCUT2D eigenvalue weighted by molar-refractivity contribution is 5.79. The van der Waals surface area contributed by atoms with Gasteiger partial charge in [0.05, 0.1) is 19.8 Å². The summed E-state index contributed by atoms with van der Waals surface area (Å²) in [6.45, 7) is 9.86. The van der Waals surface area contributed by atoms with Crippen molar-refractivity contribution in [1.82, 2.24) is 10.6 Å². The molecule has 2 rings (SSSR count). The second kappa shape index (κ2) is 12.6. The lowest BCUT2D eigenvalue weighted by atomic mass is 10.1. The van der Waals surface area contributed by atoms with Crippen molar-refractivity contribution < 1.29 is 14.2 Å². The van der Waals surface area contributed by atoms with Crippen LogP contribution in [0.5, 0.6) is 5.75 Å². The Morgan fingerprint density at radius 3 is 2.96 bits per heavy atom.